The average Bonchev–Trinajstić information content (AvgIpc) is 3.32. The summed E-state index contributed by atoms with van der Waals surface area (Å²) in [5.41, 5.74) is 2.27. The maximum absolute atomic E-state index is 12.2. The van der Waals surface area contributed by atoms with Crippen molar-refractivity contribution in [2.45, 2.75) is 19.3 Å². The fraction of sp³-hybridized carbons (Fsp3) is 0.200. The normalized spacial score (nSPS) is 13.8. The van der Waals surface area contributed by atoms with E-state index < -0.39 is 0 Å². The van der Waals surface area contributed by atoms with Crippen LogP contribution in [0.15, 0.2) is 54.0 Å². The molecule has 1 fully saturated rings. The molecule has 136 valence electrons. The summed E-state index contributed by atoms with van der Waals surface area (Å²) in [5.74, 6) is 0.209. The number of amides is 1. The van der Waals surface area contributed by atoms with Crippen molar-refractivity contribution in [2.24, 2.45) is 0 Å². The molecule has 1 saturated heterocycles. The van der Waals surface area contributed by atoms with E-state index in [1.807, 2.05) is 23.6 Å². The lowest BCUT2D eigenvalue weighted by Crippen LogP contribution is -2.23. The fourth-order valence-electron chi connectivity index (χ4n) is 2.93. The highest BCUT2D eigenvalue weighted by molar-refractivity contribution is 7.13. The molecular formula is C20H17N3O3S. The van der Waals surface area contributed by atoms with Gasteiger partial charge in [-0.2, -0.15) is 0 Å². The van der Waals surface area contributed by atoms with Crippen molar-refractivity contribution in [1.82, 2.24) is 9.97 Å². The van der Waals surface area contributed by atoms with Gasteiger partial charge in [0, 0.05) is 30.2 Å². The first-order valence-corrected chi connectivity index (χ1v) is 9.54. The molecule has 0 aliphatic carbocycles. The van der Waals surface area contributed by atoms with Crippen molar-refractivity contribution in [2.75, 3.05) is 11.4 Å². The summed E-state index contributed by atoms with van der Waals surface area (Å²) >= 11 is 1.45. The number of benzene rings is 1. The van der Waals surface area contributed by atoms with Gasteiger partial charge in [0.05, 0.1) is 17.8 Å². The monoisotopic (exact) mass is 379 g/mol. The summed E-state index contributed by atoms with van der Waals surface area (Å²) in [5, 5.41) is 2.62. The Labute approximate surface area is 160 Å². The average molecular weight is 379 g/mol. The van der Waals surface area contributed by atoms with Gasteiger partial charge in [-0.05, 0) is 42.8 Å². The van der Waals surface area contributed by atoms with Crippen LogP contribution in [0.1, 0.15) is 18.5 Å². The van der Waals surface area contributed by atoms with Crippen molar-refractivity contribution in [3.63, 3.8) is 0 Å². The predicted molar refractivity (Wildman–Crippen MR) is 103 cm³/mol. The second-order valence-electron chi connectivity index (χ2n) is 6.15. The number of pyridine rings is 1. The number of thiazole rings is 1. The standard InChI is InChI=1S/C20H17N3O3S/c24-18-5-3-11-23(18)15-6-8-16(9-7-15)26-19(25)12-14-13-27-20(22-14)17-4-1-2-10-21-17/h1-2,4,6-10,13H,3,5,11-12H2. The van der Waals surface area contributed by atoms with Gasteiger partial charge < -0.3 is 9.64 Å². The molecule has 1 aliphatic rings. The van der Waals surface area contributed by atoms with Crippen molar-refractivity contribution in [3.8, 4) is 16.5 Å². The van der Waals surface area contributed by atoms with Gasteiger partial charge in [0.1, 0.15) is 10.8 Å². The van der Waals surface area contributed by atoms with Crippen LogP contribution in [0, 0.1) is 0 Å². The Hall–Kier alpha value is -3.06. The molecule has 0 bridgehead atoms. The number of carbonyl (C=O) groups is 2. The zero-order chi connectivity index (χ0) is 18.6. The van der Waals surface area contributed by atoms with Gasteiger partial charge >= 0.3 is 5.97 Å². The molecule has 6 nitrogen and oxygen atoms in total. The van der Waals surface area contributed by atoms with E-state index in [1.165, 1.54) is 11.3 Å². The van der Waals surface area contributed by atoms with Gasteiger partial charge in [0.15, 0.2) is 0 Å². The van der Waals surface area contributed by atoms with Crippen LogP contribution in [0.3, 0.4) is 0 Å². The molecular weight excluding hydrogens is 362 g/mol. The largest absolute Gasteiger partial charge is 0.426 e. The molecule has 0 unspecified atom stereocenters. The van der Waals surface area contributed by atoms with E-state index in [1.54, 1.807) is 35.4 Å². The molecule has 7 heteroatoms. The van der Waals surface area contributed by atoms with Gasteiger partial charge in [-0.3, -0.25) is 14.6 Å². The molecule has 1 amide bonds. The number of rotatable bonds is 5. The molecule has 1 aromatic carbocycles. The lowest BCUT2D eigenvalue weighted by atomic mass is 10.2. The lowest BCUT2D eigenvalue weighted by Gasteiger charge is -2.15. The first-order valence-electron chi connectivity index (χ1n) is 8.66. The van der Waals surface area contributed by atoms with Crippen LogP contribution in [0.4, 0.5) is 5.69 Å². The van der Waals surface area contributed by atoms with Crippen LogP contribution >= 0.6 is 11.3 Å². The molecule has 0 N–H and O–H groups in total. The molecule has 0 spiro atoms. The maximum Gasteiger partial charge on any atom is 0.317 e. The molecule has 0 radical (unpaired) electrons. The van der Waals surface area contributed by atoms with Crippen molar-refractivity contribution in [3.05, 3.63) is 59.7 Å². The van der Waals surface area contributed by atoms with Gasteiger partial charge in [-0.25, -0.2) is 4.98 Å². The zero-order valence-electron chi connectivity index (χ0n) is 14.5. The third-order valence-corrected chi connectivity index (χ3v) is 5.13. The topological polar surface area (TPSA) is 72.4 Å². The molecule has 4 rings (SSSR count). The van der Waals surface area contributed by atoms with Crippen LogP contribution in [0.5, 0.6) is 5.75 Å². The van der Waals surface area contributed by atoms with Crippen LogP contribution in [-0.4, -0.2) is 28.4 Å². The van der Waals surface area contributed by atoms with Gasteiger partial charge in [0.2, 0.25) is 5.91 Å². The Morgan fingerprint density at radius 2 is 2.04 bits per heavy atom. The number of carbonyl (C=O) groups excluding carboxylic acids is 2. The minimum absolute atomic E-state index is 0.0930. The summed E-state index contributed by atoms with van der Waals surface area (Å²) in [6.45, 7) is 0.737. The maximum atomic E-state index is 12.2. The number of ether oxygens (including phenoxy) is 1. The SMILES string of the molecule is O=C(Cc1csc(-c2ccccn2)n1)Oc1ccc(N2CCCC2=O)cc1. The second kappa shape index (κ2) is 7.67. The number of hydrogen-bond acceptors (Lipinski definition) is 6. The van der Waals surface area contributed by atoms with Crippen molar-refractivity contribution >= 4 is 28.9 Å². The highest BCUT2D eigenvalue weighted by Crippen LogP contribution is 2.25. The van der Waals surface area contributed by atoms with Gasteiger partial charge in [-0.15, -0.1) is 11.3 Å². The van der Waals surface area contributed by atoms with E-state index in [4.69, 9.17) is 4.74 Å². The van der Waals surface area contributed by atoms with Crippen molar-refractivity contribution in [1.29, 1.82) is 0 Å². The summed E-state index contributed by atoms with van der Waals surface area (Å²) < 4.78 is 5.38. The van der Waals surface area contributed by atoms with Crippen LogP contribution in [-0.2, 0) is 16.0 Å². The third kappa shape index (κ3) is 4.03. The predicted octanol–water partition coefficient (Wildman–Crippen LogP) is 3.48. The van der Waals surface area contributed by atoms with E-state index in [9.17, 15) is 9.59 Å². The third-order valence-electron chi connectivity index (χ3n) is 4.21. The summed E-state index contributed by atoms with van der Waals surface area (Å²) in [4.78, 5) is 34.4. The minimum Gasteiger partial charge on any atom is -0.426 e. The molecule has 0 saturated carbocycles. The molecule has 1 aliphatic heterocycles. The molecule has 27 heavy (non-hydrogen) atoms. The summed E-state index contributed by atoms with van der Waals surface area (Å²) in [6.07, 6.45) is 3.27. The smallest absolute Gasteiger partial charge is 0.317 e. The minimum atomic E-state index is -0.377. The second-order valence-corrected chi connectivity index (χ2v) is 7.01. The Morgan fingerprint density at radius 1 is 1.19 bits per heavy atom. The Bertz CT molecular complexity index is 954. The first-order chi connectivity index (χ1) is 13.2. The Balaban J connectivity index is 1.37. The van der Waals surface area contributed by atoms with E-state index >= 15 is 0 Å². The van der Waals surface area contributed by atoms with Crippen LogP contribution in [0.25, 0.3) is 10.7 Å². The van der Waals surface area contributed by atoms with E-state index in [0.717, 1.165) is 29.4 Å². The molecule has 3 heterocycles. The number of hydrogen-bond donors (Lipinski definition) is 0. The van der Waals surface area contributed by atoms with E-state index in [0.29, 0.717) is 17.9 Å². The van der Waals surface area contributed by atoms with E-state index in [2.05, 4.69) is 9.97 Å². The number of anilines is 1. The van der Waals surface area contributed by atoms with E-state index in [-0.39, 0.29) is 18.3 Å². The highest BCUT2D eigenvalue weighted by atomic mass is 32.1. The Morgan fingerprint density at radius 3 is 2.74 bits per heavy atom. The number of nitrogens with zero attached hydrogens (tertiary/aromatic N) is 3. The quantitative estimate of drug-likeness (QED) is 0.501. The van der Waals surface area contributed by atoms with Gasteiger partial charge in [-0.1, -0.05) is 6.07 Å². The molecule has 3 aromatic rings. The fourth-order valence-corrected chi connectivity index (χ4v) is 3.72. The molecule has 2 aromatic heterocycles. The zero-order valence-corrected chi connectivity index (χ0v) is 15.3. The summed E-state index contributed by atoms with van der Waals surface area (Å²) in [6, 6.07) is 12.6. The lowest BCUT2D eigenvalue weighted by molar-refractivity contribution is -0.133. The van der Waals surface area contributed by atoms with Crippen LogP contribution in [0.2, 0.25) is 0 Å². The van der Waals surface area contributed by atoms with Crippen molar-refractivity contribution < 1.29 is 14.3 Å². The molecule has 0 atom stereocenters. The highest BCUT2D eigenvalue weighted by Gasteiger charge is 2.21. The summed E-state index contributed by atoms with van der Waals surface area (Å²) in [7, 11) is 0. The first kappa shape index (κ1) is 17.4. The van der Waals surface area contributed by atoms with Gasteiger partial charge in [0.25, 0.3) is 0 Å². The number of aromatic nitrogens is 2. The van der Waals surface area contributed by atoms with Crippen LogP contribution < -0.4 is 9.64 Å². The Kier molecular flexibility index (Phi) is 4.93. The number of esters is 1.